The van der Waals surface area contributed by atoms with Crippen molar-refractivity contribution in [1.82, 2.24) is 0 Å². The molecule has 0 N–H and O–H groups in total. The average Bonchev–Trinajstić information content (AvgIpc) is 3.14. The summed E-state index contributed by atoms with van der Waals surface area (Å²) in [5, 5.41) is 9.20. The second-order valence-electron chi connectivity index (χ2n) is 4.25. The Morgan fingerprint density at radius 2 is 2.29 bits per heavy atom. The van der Waals surface area contributed by atoms with Gasteiger partial charge in [0.25, 0.3) is 0 Å². The van der Waals surface area contributed by atoms with Gasteiger partial charge in [-0.25, -0.2) is 0 Å². The van der Waals surface area contributed by atoms with Crippen LogP contribution in [0.25, 0.3) is 0 Å². The van der Waals surface area contributed by atoms with E-state index in [1.165, 1.54) is 12.8 Å². The number of hydrogen-bond donors (Lipinski definition) is 0. The van der Waals surface area contributed by atoms with Crippen LogP contribution in [0, 0.1) is 17.2 Å². The first kappa shape index (κ1) is 12.3. The Hall–Kier alpha value is -1.14. The quantitative estimate of drug-likeness (QED) is 0.716. The van der Waals surface area contributed by atoms with Crippen molar-refractivity contribution in [3.63, 3.8) is 0 Å². The van der Waals surface area contributed by atoms with Gasteiger partial charge >= 0.3 is 0 Å². The van der Waals surface area contributed by atoms with Crippen LogP contribution in [0.15, 0.2) is 23.1 Å². The molecule has 0 aromatic heterocycles. The first-order valence-corrected chi connectivity index (χ1v) is 7.12. The zero-order valence-electron chi connectivity index (χ0n) is 10.1. The lowest BCUT2D eigenvalue weighted by Gasteiger charge is -2.10. The molecule has 1 aliphatic rings. The maximum absolute atomic E-state index is 9.20. The fraction of sp³-hybridized carbons (Fsp3) is 0.500. The fourth-order valence-electron chi connectivity index (χ4n) is 1.76. The number of thioether (sulfide) groups is 1. The minimum atomic E-state index is 0.690. The van der Waals surface area contributed by atoms with E-state index in [-0.39, 0.29) is 0 Å². The number of hydrogen-bond acceptors (Lipinski definition) is 3. The molecule has 3 heteroatoms. The third-order valence-electron chi connectivity index (χ3n) is 2.88. The fourth-order valence-corrected chi connectivity index (χ4v) is 2.54. The van der Waals surface area contributed by atoms with Crippen LogP contribution < -0.4 is 4.74 Å². The number of nitrogens with zero attached hydrogens (tertiary/aromatic N) is 1. The lowest BCUT2D eigenvalue weighted by Crippen LogP contribution is -2.00. The van der Waals surface area contributed by atoms with Gasteiger partial charge in [-0.1, -0.05) is 25.8 Å². The standard InChI is InChI=1S/C14H17NOS/c1-2-17-14-5-3-4-13(12(14)10-15)16-9-8-11-6-7-11/h3-5,11H,2,6-9H2,1H3. The maximum atomic E-state index is 9.20. The molecule has 17 heavy (non-hydrogen) atoms. The van der Waals surface area contributed by atoms with Crippen LogP contribution in [0.5, 0.6) is 5.75 Å². The van der Waals surface area contributed by atoms with Crippen LogP contribution in [-0.4, -0.2) is 12.4 Å². The molecule has 1 aliphatic carbocycles. The van der Waals surface area contributed by atoms with Gasteiger partial charge in [-0.3, -0.25) is 0 Å². The van der Waals surface area contributed by atoms with Gasteiger partial charge in [0, 0.05) is 4.90 Å². The van der Waals surface area contributed by atoms with Crippen molar-refractivity contribution in [1.29, 1.82) is 5.26 Å². The van der Waals surface area contributed by atoms with E-state index in [9.17, 15) is 5.26 Å². The highest BCUT2D eigenvalue weighted by Crippen LogP contribution is 2.33. The second-order valence-corrected chi connectivity index (χ2v) is 5.56. The summed E-state index contributed by atoms with van der Waals surface area (Å²) in [7, 11) is 0. The minimum Gasteiger partial charge on any atom is -0.492 e. The predicted octanol–water partition coefficient (Wildman–Crippen LogP) is 3.85. The lowest BCUT2D eigenvalue weighted by atomic mass is 10.2. The molecule has 1 saturated carbocycles. The summed E-state index contributed by atoms with van der Waals surface area (Å²) in [6, 6.07) is 8.10. The van der Waals surface area contributed by atoms with Gasteiger partial charge in [-0.15, -0.1) is 11.8 Å². The zero-order valence-corrected chi connectivity index (χ0v) is 10.9. The van der Waals surface area contributed by atoms with Gasteiger partial charge in [0.15, 0.2) is 0 Å². The molecule has 0 atom stereocenters. The molecular formula is C14H17NOS. The van der Waals surface area contributed by atoms with Crippen molar-refractivity contribution in [2.24, 2.45) is 5.92 Å². The highest BCUT2D eigenvalue weighted by molar-refractivity contribution is 7.99. The molecule has 1 aromatic carbocycles. The third-order valence-corrected chi connectivity index (χ3v) is 3.82. The van der Waals surface area contributed by atoms with Crippen molar-refractivity contribution < 1.29 is 4.74 Å². The van der Waals surface area contributed by atoms with Crippen LogP contribution in [0.4, 0.5) is 0 Å². The summed E-state index contributed by atoms with van der Waals surface area (Å²) >= 11 is 1.69. The van der Waals surface area contributed by atoms with E-state index in [0.717, 1.165) is 35.3 Å². The number of ether oxygens (including phenoxy) is 1. The molecule has 2 nitrogen and oxygen atoms in total. The van der Waals surface area contributed by atoms with E-state index in [1.54, 1.807) is 11.8 Å². The third kappa shape index (κ3) is 3.41. The molecule has 90 valence electrons. The molecule has 0 bridgehead atoms. The molecule has 0 aliphatic heterocycles. The second kappa shape index (κ2) is 5.97. The van der Waals surface area contributed by atoms with Crippen molar-refractivity contribution in [3.8, 4) is 11.8 Å². The summed E-state index contributed by atoms with van der Waals surface area (Å²) in [4.78, 5) is 1.03. The Balaban J connectivity index is 2.03. The van der Waals surface area contributed by atoms with Crippen LogP contribution in [-0.2, 0) is 0 Å². The van der Waals surface area contributed by atoms with E-state index >= 15 is 0 Å². The van der Waals surface area contributed by atoms with Gasteiger partial charge in [-0.2, -0.15) is 5.26 Å². The lowest BCUT2D eigenvalue weighted by molar-refractivity contribution is 0.301. The van der Waals surface area contributed by atoms with E-state index in [4.69, 9.17) is 4.74 Å². The van der Waals surface area contributed by atoms with Crippen molar-refractivity contribution >= 4 is 11.8 Å². The normalized spacial score (nSPS) is 14.4. The first-order valence-electron chi connectivity index (χ1n) is 6.14. The summed E-state index contributed by atoms with van der Waals surface area (Å²) in [6.07, 6.45) is 3.82. The van der Waals surface area contributed by atoms with Crippen molar-refractivity contribution in [3.05, 3.63) is 23.8 Å². The maximum Gasteiger partial charge on any atom is 0.138 e. The van der Waals surface area contributed by atoms with Gasteiger partial charge < -0.3 is 4.74 Å². The molecule has 0 spiro atoms. The van der Waals surface area contributed by atoms with Gasteiger partial charge in [0.05, 0.1) is 6.61 Å². The molecule has 0 radical (unpaired) electrons. The molecule has 0 unspecified atom stereocenters. The Labute approximate surface area is 107 Å². The van der Waals surface area contributed by atoms with Crippen LogP contribution in [0.3, 0.4) is 0 Å². The molecule has 0 saturated heterocycles. The predicted molar refractivity (Wildman–Crippen MR) is 70.4 cm³/mol. The van der Waals surface area contributed by atoms with Gasteiger partial charge in [-0.05, 0) is 30.2 Å². The van der Waals surface area contributed by atoms with Crippen LogP contribution in [0.1, 0.15) is 31.7 Å². The van der Waals surface area contributed by atoms with Crippen molar-refractivity contribution in [2.75, 3.05) is 12.4 Å². The average molecular weight is 247 g/mol. The minimum absolute atomic E-state index is 0.690. The van der Waals surface area contributed by atoms with Crippen LogP contribution >= 0.6 is 11.8 Å². The summed E-state index contributed by atoms with van der Waals surface area (Å²) in [6.45, 7) is 2.83. The topological polar surface area (TPSA) is 33.0 Å². The molecule has 2 rings (SSSR count). The largest absolute Gasteiger partial charge is 0.492 e. The number of rotatable bonds is 6. The number of nitriles is 1. The smallest absolute Gasteiger partial charge is 0.138 e. The van der Waals surface area contributed by atoms with E-state index < -0.39 is 0 Å². The van der Waals surface area contributed by atoms with Crippen LogP contribution in [0.2, 0.25) is 0 Å². The Morgan fingerprint density at radius 3 is 2.94 bits per heavy atom. The van der Waals surface area contributed by atoms with Gasteiger partial charge in [0.1, 0.15) is 17.4 Å². The Kier molecular flexibility index (Phi) is 4.33. The van der Waals surface area contributed by atoms with Gasteiger partial charge in [0.2, 0.25) is 0 Å². The summed E-state index contributed by atoms with van der Waals surface area (Å²) in [5.74, 6) is 2.58. The number of benzene rings is 1. The summed E-state index contributed by atoms with van der Waals surface area (Å²) in [5.41, 5.74) is 0.690. The van der Waals surface area contributed by atoms with E-state index in [2.05, 4.69) is 13.0 Å². The molecule has 0 amide bonds. The Morgan fingerprint density at radius 1 is 1.47 bits per heavy atom. The highest BCUT2D eigenvalue weighted by Gasteiger charge is 2.21. The zero-order chi connectivity index (χ0) is 12.1. The molecule has 1 aromatic rings. The van der Waals surface area contributed by atoms with E-state index in [0.29, 0.717) is 5.56 Å². The monoisotopic (exact) mass is 247 g/mol. The molecule has 0 heterocycles. The summed E-state index contributed by atoms with van der Waals surface area (Å²) < 4.78 is 5.73. The van der Waals surface area contributed by atoms with Crippen molar-refractivity contribution in [2.45, 2.75) is 31.1 Å². The first-order chi connectivity index (χ1) is 8.35. The van der Waals surface area contributed by atoms with E-state index in [1.807, 2.05) is 18.2 Å². The highest BCUT2D eigenvalue weighted by atomic mass is 32.2. The molecule has 1 fully saturated rings. The molecular weight excluding hydrogens is 230 g/mol. The Bertz CT molecular complexity index is 421. The SMILES string of the molecule is CCSc1cccc(OCCC2CC2)c1C#N.